The summed E-state index contributed by atoms with van der Waals surface area (Å²) >= 11 is 0. The van der Waals surface area contributed by atoms with E-state index in [1.54, 1.807) is 0 Å². The van der Waals surface area contributed by atoms with Gasteiger partial charge in [0.25, 0.3) is 0 Å². The Morgan fingerprint density at radius 1 is 1.11 bits per heavy atom. The van der Waals surface area contributed by atoms with Gasteiger partial charge in [-0.15, -0.1) is 0 Å². The Kier molecular flexibility index (Phi) is 5.17. The van der Waals surface area contributed by atoms with Gasteiger partial charge in [-0.05, 0) is 55.8 Å². The fourth-order valence-corrected chi connectivity index (χ4v) is 2.14. The molecule has 0 heterocycles. The molecule has 0 aliphatic rings. The van der Waals surface area contributed by atoms with E-state index in [2.05, 4.69) is 65.1 Å². The van der Waals surface area contributed by atoms with Gasteiger partial charge in [0.1, 0.15) is 0 Å². The molecule has 2 nitrogen and oxygen atoms in total. The van der Waals surface area contributed by atoms with E-state index < -0.39 is 0 Å². The molecule has 0 aliphatic heterocycles. The van der Waals surface area contributed by atoms with Gasteiger partial charge in [0, 0.05) is 12.1 Å². The number of hydrogen-bond donors (Lipinski definition) is 2. The second-order valence-corrected chi connectivity index (χ2v) is 7.17. The first-order valence-electron chi connectivity index (χ1n) is 7.21. The average Bonchev–Trinajstić information content (AvgIpc) is 2.26. The van der Waals surface area contributed by atoms with E-state index in [1.165, 1.54) is 16.7 Å². The molecule has 0 bridgehead atoms. The summed E-state index contributed by atoms with van der Waals surface area (Å²) in [5, 5.41) is 3.60. The maximum atomic E-state index is 5.64. The van der Waals surface area contributed by atoms with Crippen molar-refractivity contribution in [2.75, 3.05) is 6.54 Å². The van der Waals surface area contributed by atoms with Crippen molar-refractivity contribution in [2.45, 2.75) is 65.5 Å². The van der Waals surface area contributed by atoms with Crippen LogP contribution in [0, 0.1) is 6.92 Å². The third-order valence-electron chi connectivity index (χ3n) is 3.74. The van der Waals surface area contributed by atoms with Crippen LogP contribution in [0.1, 0.15) is 57.7 Å². The predicted molar refractivity (Wildman–Crippen MR) is 84.5 cm³/mol. The quantitative estimate of drug-likeness (QED) is 0.852. The van der Waals surface area contributed by atoms with Gasteiger partial charge in [-0.1, -0.05) is 39.0 Å². The maximum absolute atomic E-state index is 5.64. The smallest absolute Gasteiger partial charge is 0.0213 e. The van der Waals surface area contributed by atoms with Crippen molar-refractivity contribution >= 4 is 0 Å². The molecule has 1 aromatic rings. The second-order valence-electron chi connectivity index (χ2n) is 7.17. The van der Waals surface area contributed by atoms with E-state index in [0.29, 0.717) is 0 Å². The number of nitrogens with one attached hydrogen (secondary N) is 1. The summed E-state index contributed by atoms with van der Waals surface area (Å²) in [5.74, 6) is 0. The van der Waals surface area contributed by atoms with Crippen LogP contribution in [0.25, 0.3) is 0 Å². The number of aryl methyl sites for hydroxylation is 1. The van der Waals surface area contributed by atoms with Crippen LogP contribution in [0.15, 0.2) is 18.2 Å². The maximum Gasteiger partial charge on any atom is 0.0213 e. The molecule has 3 N–H and O–H groups in total. The van der Waals surface area contributed by atoms with Gasteiger partial charge < -0.3 is 11.1 Å². The lowest BCUT2D eigenvalue weighted by Gasteiger charge is -2.27. The van der Waals surface area contributed by atoms with Gasteiger partial charge in [0.15, 0.2) is 0 Å². The molecule has 0 amide bonds. The van der Waals surface area contributed by atoms with Gasteiger partial charge >= 0.3 is 0 Å². The molecular formula is C17H30N2. The van der Waals surface area contributed by atoms with Crippen LogP contribution in [-0.2, 0) is 12.0 Å². The standard InChI is InChI=1S/C17H30N2/c1-13-11-15(16(2,3)4)8-7-14(13)12-19-17(5,6)9-10-18/h7-8,11,19H,9-10,12,18H2,1-6H3. The van der Waals surface area contributed by atoms with E-state index in [0.717, 1.165) is 19.5 Å². The summed E-state index contributed by atoms with van der Waals surface area (Å²) in [6.45, 7) is 15.0. The topological polar surface area (TPSA) is 38.0 Å². The van der Waals surface area contributed by atoms with Crippen molar-refractivity contribution in [1.29, 1.82) is 0 Å². The van der Waals surface area contributed by atoms with Gasteiger partial charge in [-0.25, -0.2) is 0 Å². The zero-order valence-electron chi connectivity index (χ0n) is 13.4. The van der Waals surface area contributed by atoms with Crippen molar-refractivity contribution in [3.63, 3.8) is 0 Å². The molecule has 2 heteroatoms. The normalized spacial score (nSPS) is 12.8. The van der Waals surface area contributed by atoms with Crippen LogP contribution in [0.3, 0.4) is 0 Å². The molecule has 108 valence electrons. The first-order valence-corrected chi connectivity index (χ1v) is 7.21. The van der Waals surface area contributed by atoms with Gasteiger partial charge in [-0.2, -0.15) is 0 Å². The molecule has 0 saturated heterocycles. The molecule has 0 radical (unpaired) electrons. The Bertz CT molecular complexity index is 414. The van der Waals surface area contributed by atoms with E-state index in [-0.39, 0.29) is 11.0 Å². The minimum absolute atomic E-state index is 0.101. The van der Waals surface area contributed by atoms with Crippen LogP contribution in [0.4, 0.5) is 0 Å². The SMILES string of the molecule is Cc1cc(C(C)(C)C)ccc1CNC(C)(C)CCN. The molecule has 0 aromatic heterocycles. The molecule has 1 aromatic carbocycles. The highest BCUT2D eigenvalue weighted by Crippen LogP contribution is 2.24. The first-order chi connectivity index (χ1) is 8.65. The van der Waals surface area contributed by atoms with Gasteiger partial charge in [0.05, 0.1) is 0 Å². The zero-order valence-corrected chi connectivity index (χ0v) is 13.4. The van der Waals surface area contributed by atoms with Crippen molar-refractivity contribution < 1.29 is 0 Å². The summed E-state index contributed by atoms with van der Waals surface area (Å²) in [5.41, 5.74) is 10.1. The molecule has 0 saturated carbocycles. The molecule has 0 unspecified atom stereocenters. The predicted octanol–water partition coefficient (Wildman–Crippen LogP) is 3.51. The fraction of sp³-hybridized carbons (Fsp3) is 0.647. The highest BCUT2D eigenvalue weighted by molar-refractivity contribution is 5.34. The van der Waals surface area contributed by atoms with Crippen LogP contribution in [-0.4, -0.2) is 12.1 Å². The van der Waals surface area contributed by atoms with Crippen LogP contribution >= 0.6 is 0 Å². The van der Waals surface area contributed by atoms with Gasteiger partial charge in [-0.3, -0.25) is 0 Å². The molecule has 0 fully saturated rings. The van der Waals surface area contributed by atoms with Crippen molar-refractivity contribution in [1.82, 2.24) is 5.32 Å². The Hall–Kier alpha value is -0.860. The first kappa shape index (κ1) is 16.2. The number of nitrogens with two attached hydrogens (primary N) is 1. The van der Waals surface area contributed by atoms with Crippen LogP contribution in [0.5, 0.6) is 0 Å². The van der Waals surface area contributed by atoms with Crippen molar-refractivity contribution in [3.8, 4) is 0 Å². The largest absolute Gasteiger partial charge is 0.330 e. The number of rotatable bonds is 5. The van der Waals surface area contributed by atoms with Gasteiger partial charge in [0.2, 0.25) is 0 Å². The minimum atomic E-state index is 0.101. The third-order valence-corrected chi connectivity index (χ3v) is 3.74. The molecule has 0 spiro atoms. The summed E-state index contributed by atoms with van der Waals surface area (Å²) in [6.07, 6.45) is 0.992. The molecular weight excluding hydrogens is 232 g/mol. The Morgan fingerprint density at radius 2 is 1.74 bits per heavy atom. The van der Waals surface area contributed by atoms with Crippen LogP contribution < -0.4 is 11.1 Å². The van der Waals surface area contributed by atoms with E-state index in [1.807, 2.05) is 0 Å². The molecule has 19 heavy (non-hydrogen) atoms. The minimum Gasteiger partial charge on any atom is -0.330 e. The number of benzene rings is 1. The monoisotopic (exact) mass is 262 g/mol. The Morgan fingerprint density at radius 3 is 2.21 bits per heavy atom. The lowest BCUT2D eigenvalue weighted by atomic mass is 9.85. The molecule has 0 atom stereocenters. The Labute approximate surface area is 118 Å². The summed E-state index contributed by atoms with van der Waals surface area (Å²) < 4.78 is 0. The average molecular weight is 262 g/mol. The lowest BCUT2D eigenvalue weighted by molar-refractivity contribution is 0.365. The van der Waals surface area contributed by atoms with E-state index in [9.17, 15) is 0 Å². The summed E-state index contributed by atoms with van der Waals surface area (Å²) in [7, 11) is 0. The summed E-state index contributed by atoms with van der Waals surface area (Å²) in [6, 6.07) is 6.81. The highest BCUT2D eigenvalue weighted by Gasteiger charge is 2.17. The van der Waals surface area contributed by atoms with E-state index >= 15 is 0 Å². The summed E-state index contributed by atoms with van der Waals surface area (Å²) in [4.78, 5) is 0. The lowest BCUT2D eigenvalue weighted by Crippen LogP contribution is -2.40. The molecule has 1 rings (SSSR count). The second kappa shape index (κ2) is 6.06. The molecule has 0 aliphatic carbocycles. The van der Waals surface area contributed by atoms with Crippen molar-refractivity contribution in [3.05, 3.63) is 34.9 Å². The third kappa shape index (κ3) is 4.96. The van der Waals surface area contributed by atoms with Crippen molar-refractivity contribution in [2.24, 2.45) is 5.73 Å². The highest BCUT2D eigenvalue weighted by atomic mass is 15.0. The number of hydrogen-bond acceptors (Lipinski definition) is 2. The van der Waals surface area contributed by atoms with E-state index in [4.69, 9.17) is 5.73 Å². The fourth-order valence-electron chi connectivity index (χ4n) is 2.14. The van der Waals surface area contributed by atoms with Crippen LogP contribution in [0.2, 0.25) is 0 Å². The Balaban J connectivity index is 2.76. The zero-order chi connectivity index (χ0) is 14.7.